The zero-order chi connectivity index (χ0) is 11.7. The van der Waals surface area contributed by atoms with Crippen LogP contribution in [0.15, 0.2) is 29.2 Å². The predicted octanol–water partition coefficient (Wildman–Crippen LogP) is 0.573. The van der Waals surface area contributed by atoms with E-state index in [1.807, 2.05) is 0 Å². The lowest BCUT2D eigenvalue weighted by Crippen LogP contribution is -2.25. The van der Waals surface area contributed by atoms with Crippen LogP contribution < -0.4 is 10.5 Å². The fourth-order valence-electron chi connectivity index (χ4n) is 1.54. The lowest BCUT2D eigenvalue weighted by molar-refractivity contribution is 0.112. The second kappa shape index (κ2) is 3.77. The average Bonchev–Trinajstić information content (AvgIpc) is 2.29. The van der Waals surface area contributed by atoms with Crippen molar-refractivity contribution in [2.75, 3.05) is 19.0 Å². The van der Waals surface area contributed by atoms with E-state index in [-0.39, 0.29) is 11.1 Å². The van der Waals surface area contributed by atoms with E-state index in [4.69, 9.17) is 0 Å². The van der Waals surface area contributed by atoms with Gasteiger partial charge in [-0.25, -0.2) is 4.98 Å². The summed E-state index contributed by atoms with van der Waals surface area (Å²) in [4.78, 5) is 28.8. The van der Waals surface area contributed by atoms with Gasteiger partial charge < -0.3 is 4.90 Å². The van der Waals surface area contributed by atoms with Crippen LogP contribution in [0, 0.1) is 0 Å². The summed E-state index contributed by atoms with van der Waals surface area (Å²) >= 11 is 0. The Kier molecular flexibility index (Phi) is 2.44. The first kappa shape index (κ1) is 10.4. The number of carbonyl (C=O) groups excluding carboxylic acids is 1. The molecule has 0 radical (unpaired) electrons. The van der Waals surface area contributed by atoms with E-state index < -0.39 is 0 Å². The highest BCUT2D eigenvalue weighted by Crippen LogP contribution is 2.11. The van der Waals surface area contributed by atoms with E-state index in [1.54, 1.807) is 43.4 Å². The molecule has 82 valence electrons. The van der Waals surface area contributed by atoms with Crippen molar-refractivity contribution in [3.05, 3.63) is 40.3 Å². The Morgan fingerprint density at radius 2 is 2.12 bits per heavy atom. The average molecular weight is 217 g/mol. The van der Waals surface area contributed by atoms with Gasteiger partial charge in [0.2, 0.25) is 0 Å². The van der Waals surface area contributed by atoms with Crippen LogP contribution in [0.2, 0.25) is 0 Å². The van der Waals surface area contributed by atoms with Crippen molar-refractivity contribution in [3.63, 3.8) is 0 Å². The molecule has 0 amide bonds. The number of hydrogen-bond acceptors (Lipinski definition) is 4. The fourth-order valence-corrected chi connectivity index (χ4v) is 1.54. The molecule has 0 fully saturated rings. The summed E-state index contributed by atoms with van der Waals surface area (Å²) in [5, 5.41) is 0. The van der Waals surface area contributed by atoms with Crippen LogP contribution in [0.25, 0.3) is 5.65 Å². The topological polar surface area (TPSA) is 54.7 Å². The molecule has 2 heterocycles. The third-order valence-corrected chi connectivity index (χ3v) is 2.29. The zero-order valence-corrected chi connectivity index (χ0v) is 9.04. The maximum absolute atomic E-state index is 11.9. The first-order valence-corrected chi connectivity index (χ1v) is 4.79. The molecule has 0 unspecified atom stereocenters. The van der Waals surface area contributed by atoms with E-state index in [9.17, 15) is 9.59 Å². The Morgan fingerprint density at radius 1 is 1.38 bits per heavy atom. The number of nitrogens with zero attached hydrogens (tertiary/aromatic N) is 3. The fraction of sp³-hybridized carbons (Fsp3) is 0.182. The Balaban J connectivity index is 2.93. The molecule has 0 aliphatic rings. The van der Waals surface area contributed by atoms with Gasteiger partial charge in [0.15, 0.2) is 6.29 Å². The van der Waals surface area contributed by atoms with Gasteiger partial charge >= 0.3 is 0 Å². The molecular weight excluding hydrogens is 206 g/mol. The third kappa shape index (κ3) is 1.46. The quantitative estimate of drug-likeness (QED) is 0.690. The minimum absolute atomic E-state index is 0.0775. The van der Waals surface area contributed by atoms with Gasteiger partial charge in [0, 0.05) is 20.3 Å². The van der Waals surface area contributed by atoms with Crippen LogP contribution in [-0.4, -0.2) is 29.8 Å². The van der Waals surface area contributed by atoms with Crippen LogP contribution >= 0.6 is 0 Å². The molecule has 0 saturated carbocycles. The van der Waals surface area contributed by atoms with Crippen molar-refractivity contribution in [1.82, 2.24) is 9.38 Å². The molecule has 0 bridgehead atoms. The summed E-state index contributed by atoms with van der Waals surface area (Å²) in [6.45, 7) is 0. The third-order valence-electron chi connectivity index (χ3n) is 2.29. The normalized spacial score (nSPS) is 10.4. The molecule has 0 saturated heterocycles. The second-order valence-corrected chi connectivity index (χ2v) is 3.60. The molecule has 0 aliphatic heterocycles. The summed E-state index contributed by atoms with van der Waals surface area (Å²) in [5.41, 5.74) is 0.264. The number of pyridine rings is 1. The van der Waals surface area contributed by atoms with Gasteiger partial charge in [0.1, 0.15) is 17.0 Å². The molecule has 0 N–H and O–H groups in total. The van der Waals surface area contributed by atoms with E-state index in [1.165, 1.54) is 4.40 Å². The standard InChI is InChI=1S/C11H11N3O2/c1-13(2)10-8(7-15)11(16)14-6-4-3-5-9(14)12-10/h3-7H,1-2H3. The highest BCUT2D eigenvalue weighted by Gasteiger charge is 2.12. The van der Waals surface area contributed by atoms with E-state index in [2.05, 4.69) is 4.98 Å². The zero-order valence-electron chi connectivity index (χ0n) is 9.04. The molecule has 0 spiro atoms. The van der Waals surface area contributed by atoms with Gasteiger partial charge in [-0.3, -0.25) is 14.0 Å². The van der Waals surface area contributed by atoms with E-state index in [0.29, 0.717) is 17.8 Å². The second-order valence-electron chi connectivity index (χ2n) is 3.60. The predicted molar refractivity (Wildman–Crippen MR) is 61.2 cm³/mol. The molecule has 16 heavy (non-hydrogen) atoms. The number of aromatic nitrogens is 2. The smallest absolute Gasteiger partial charge is 0.270 e. The van der Waals surface area contributed by atoms with Crippen LogP contribution in [-0.2, 0) is 0 Å². The van der Waals surface area contributed by atoms with Crippen molar-refractivity contribution >= 4 is 17.8 Å². The minimum atomic E-state index is -0.343. The number of anilines is 1. The first-order valence-electron chi connectivity index (χ1n) is 4.79. The van der Waals surface area contributed by atoms with E-state index in [0.717, 1.165) is 0 Å². The van der Waals surface area contributed by atoms with Gasteiger partial charge in [-0.2, -0.15) is 0 Å². The molecule has 5 nitrogen and oxygen atoms in total. The molecule has 0 atom stereocenters. The molecular formula is C11H11N3O2. The molecule has 0 aromatic carbocycles. The monoisotopic (exact) mass is 217 g/mol. The van der Waals surface area contributed by atoms with Gasteiger partial charge in [-0.15, -0.1) is 0 Å². The number of hydrogen-bond donors (Lipinski definition) is 0. The van der Waals surface area contributed by atoms with Crippen molar-refractivity contribution in [2.24, 2.45) is 0 Å². The van der Waals surface area contributed by atoms with Gasteiger partial charge in [-0.05, 0) is 12.1 Å². The summed E-state index contributed by atoms with van der Waals surface area (Å²) in [6.07, 6.45) is 2.14. The summed E-state index contributed by atoms with van der Waals surface area (Å²) in [6, 6.07) is 5.24. The van der Waals surface area contributed by atoms with Crippen LogP contribution in [0.4, 0.5) is 5.82 Å². The van der Waals surface area contributed by atoms with Crippen LogP contribution in [0.5, 0.6) is 0 Å². The van der Waals surface area contributed by atoms with Gasteiger partial charge in [0.25, 0.3) is 5.56 Å². The number of fused-ring (bicyclic) bond motifs is 1. The van der Waals surface area contributed by atoms with Crippen molar-refractivity contribution < 1.29 is 4.79 Å². The Bertz CT molecular complexity index is 602. The van der Waals surface area contributed by atoms with E-state index >= 15 is 0 Å². The highest BCUT2D eigenvalue weighted by molar-refractivity contribution is 5.82. The lowest BCUT2D eigenvalue weighted by Gasteiger charge is -2.13. The van der Waals surface area contributed by atoms with Crippen molar-refractivity contribution in [2.45, 2.75) is 0 Å². The first-order chi connectivity index (χ1) is 7.65. The number of carbonyl (C=O) groups is 1. The lowest BCUT2D eigenvalue weighted by atomic mass is 10.3. The molecule has 2 rings (SSSR count). The summed E-state index contributed by atoms with van der Waals surface area (Å²) in [5.74, 6) is 0.395. The maximum atomic E-state index is 11.9. The molecule has 5 heteroatoms. The minimum Gasteiger partial charge on any atom is -0.362 e. The Labute approximate surface area is 92.0 Å². The molecule has 2 aromatic heterocycles. The van der Waals surface area contributed by atoms with Crippen LogP contribution in [0.3, 0.4) is 0 Å². The van der Waals surface area contributed by atoms with Crippen molar-refractivity contribution in [3.8, 4) is 0 Å². The largest absolute Gasteiger partial charge is 0.362 e. The van der Waals surface area contributed by atoms with Gasteiger partial charge in [0.05, 0.1) is 0 Å². The number of rotatable bonds is 2. The summed E-state index contributed by atoms with van der Waals surface area (Å²) < 4.78 is 1.36. The molecule has 0 aliphatic carbocycles. The number of aldehydes is 1. The highest BCUT2D eigenvalue weighted by atomic mass is 16.1. The van der Waals surface area contributed by atoms with Crippen molar-refractivity contribution in [1.29, 1.82) is 0 Å². The maximum Gasteiger partial charge on any atom is 0.270 e. The van der Waals surface area contributed by atoms with Gasteiger partial charge in [-0.1, -0.05) is 6.07 Å². The Hall–Kier alpha value is -2.17. The summed E-state index contributed by atoms with van der Waals surface area (Å²) in [7, 11) is 3.49. The molecule has 2 aromatic rings. The Morgan fingerprint density at radius 3 is 2.75 bits per heavy atom. The SMILES string of the molecule is CN(C)c1nc2ccccn2c(=O)c1C=O. The van der Waals surface area contributed by atoms with Crippen LogP contribution in [0.1, 0.15) is 10.4 Å².